The van der Waals surface area contributed by atoms with Crippen LogP contribution in [0.15, 0.2) is 29.2 Å². The Bertz CT molecular complexity index is 471. The summed E-state index contributed by atoms with van der Waals surface area (Å²) in [6.07, 6.45) is 0. The minimum absolute atomic E-state index is 0.0362. The molecule has 1 aliphatic rings. The van der Waals surface area contributed by atoms with Crippen LogP contribution in [0.4, 0.5) is 0 Å². The van der Waals surface area contributed by atoms with E-state index in [4.69, 9.17) is 16.3 Å². The van der Waals surface area contributed by atoms with Crippen molar-refractivity contribution < 1.29 is 18.3 Å². The molecule has 0 aromatic heterocycles. The molecule has 4 nitrogen and oxygen atoms in total. The number of aliphatic hydroxyl groups excluding tert-OH is 1. The monoisotopic (exact) mass is 262 g/mol. The van der Waals surface area contributed by atoms with Gasteiger partial charge in [-0.3, -0.25) is 0 Å². The Morgan fingerprint density at radius 1 is 1.31 bits per heavy atom. The summed E-state index contributed by atoms with van der Waals surface area (Å²) in [5.74, 6) is 0. The molecule has 0 saturated carbocycles. The number of hydrogen-bond donors (Lipinski definition) is 1. The maximum absolute atomic E-state index is 12.2. The number of halogens is 1. The Morgan fingerprint density at radius 2 is 1.88 bits per heavy atom. The Morgan fingerprint density at radius 3 is 2.25 bits per heavy atom. The number of hydrogen-bond acceptors (Lipinski definition) is 4. The molecule has 1 saturated heterocycles. The van der Waals surface area contributed by atoms with Crippen LogP contribution in [-0.4, -0.2) is 38.1 Å². The fourth-order valence-electron chi connectivity index (χ4n) is 1.52. The lowest BCUT2D eigenvalue weighted by Gasteiger charge is -2.38. The average molecular weight is 263 g/mol. The molecule has 2 rings (SSSR count). The van der Waals surface area contributed by atoms with Crippen molar-refractivity contribution in [3.63, 3.8) is 0 Å². The molecule has 88 valence electrons. The van der Waals surface area contributed by atoms with Gasteiger partial charge < -0.3 is 9.84 Å². The Balaban J connectivity index is 2.42. The normalized spacial score (nSPS) is 19.1. The van der Waals surface area contributed by atoms with E-state index < -0.39 is 21.2 Å². The summed E-state index contributed by atoms with van der Waals surface area (Å²) in [6, 6.07) is 5.90. The molecular formula is C10H11ClO4S. The number of sulfone groups is 1. The van der Waals surface area contributed by atoms with E-state index in [0.29, 0.717) is 5.02 Å². The second-order valence-electron chi connectivity index (χ2n) is 3.79. The minimum atomic E-state index is -3.56. The molecule has 0 atom stereocenters. The highest BCUT2D eigenvalue weighted by Crippen LogP contribution is 2.32. The van der Waals surface area contributed by atoms with Crippen molar-refractivity contribution in [1.82, 2.24) is 0 Å². The Labute approximate surface area is 98.7 Å². The largest absolute Gasteiger partial charge is 0.395 e. The van der Waals surface area contributed by atoms with Gasteiger partial charge in [0.2, 0.25) is 0 Å². The van der Waals surface area contributed by atoms with E-state index in [0.717, 1.165) is 0 Å². The molecule has 1 N–H and O–H groups in total. The van der Waals surface area contributed by atoms with Crippen molar-refractivity contribution in [2.24, 2.45) is 0 Å². The first-order chi connectivity index (χ1) is 7.52. The number of ether oxygens (including phenoxy) is 1. The fourth-order valence-corrected chi connectivity index (χ4v) is 3.29. The molecule has 0 bridgehead atoms. The Hall–Kier alpha value is -0.620. The smallest absolute Gasteiger partial charge is 0.190 e. The zero-order valence-electron chi connectivity index (χ0n) is 8.39. The summed E-state index contributed by atoms with van der Waals surface area (Å²) in [4.78, 5) is 0.161. The van der Waals surface area contributed by atoms with Crippen LogP contribution in [0.25, 0.3) is 0 Å². The molecule has 6 heteroatoms. The highest BCUT2D eigenvalue weighted by atomic mass is 35.5. The van der Waals surface area contributed by atoms with Crippen LogP contribution in [0.5, 0.6) is 0 Å². The lowest BCUT2D eigenvalue weighted by atomic mass is 10.1. The first-order valence-corrected chi connectivity index (χ1v) is 6.57. The van der Waals surface area contributed by atoms with Gasteiger partial charge in [-0.1, -0.05) is 11.6 Å². The van der Waals surface area contributed by atoms with Crippen LogP contribution < -0.4 is 0 Å². The van der Waals surface area contributed by atoms with Crippen molar-refractivity contribution >= 4 is 21.4 Å². The Kier molecular flexibility index (Phi) is 2.96. The van der Waals surface area contributed by atoms with Gasteiger partial charge in [0.15, 0.2) is 9.84 Å². The molecule has 1 heterocycles. The zero-order chi connectivity index (χ0) is 11.8. The van der Waals surface area contributed by atoms with E-state index in [1.165, 1.54) is 24.3 Å². The summed E-state index contributed by atoms with van der Waals surface area (Å²) in [6.45, 7) is -0.360. The van der Waals surface area contributed by atoms with Crippen LogP contribution in [0.1, 0.15) is 0 Å². The quantitative estimate of drug-likeness (QED) is 0.878. The van der Waals surface area contributed by atoms with Gasteiger partial charge in [0, 0.05) is 5.02 Å². The van der Waals surface area contributed by atoms with Gasteiger partial charge in [0.05, 0.1) is 24.7 Å². The first-order valence-electron chi connectivity index (χ1n) is 4.71. The minimum Gasteiger partial charge on any atom is -0.395 e. The maximum Gasteiger partial charge on any atom is 0.190 e. The van der Waals surface area contributed by atoms with Gasteiger partial charge >= 0.3 is 0 Å². The van der Waals surface area contributed by atoms with Gasteiger partial charge in [0.25, 0.3) is 0 Å². The molecule has 0 aliphatic carbocycles. The molecule has 0 spiro atoms. The third-order valence-corrected chi connectivity index (χ3v) is 5.36. The van der Waals surface area contributed by atoms with Crippen LogP contribution in [-0.2, 0) is 14.6 Å². The first kappa shape index (κ1) is 11.9. The van der Waals surface area contributed by atoms with Crippen LogP contribution in [0.3, 0.4) is 0 Å². The van der Waals surface area contributed by atoms with Gasteiger partial charge in [-0.2, -0.15) is 0 Å². The summed E-state index contributed by atoms with van der Waals surface area (Å²) in [5.41, 5.74) is 0. The van der Waals surface area contributed by atoms with Crippen molar-refractivity contribution in [2.45, 2.75) is 9.64 Å². The molecule has 16 heavy (non-hydrogen) atoms. The molecule has 1 aromatic rings. The van der Waals surface area contributed by atoms with E-state index in [1.807, 2.05) is 0 Å². The lowest BCUT2D eigenvalue weighted by Crippen LogP contribution is -2.58. The van der Waals surface area contributed by atoms with Gasteiger partial charge in [-0.05, 0) is 24.3 Å². The molecular weight excluding hydrogens is 252 g/mol. The standard InChI is InChI=1S/C10H11ClO4S/c11-8-1-3-9(4-2-8)16(13,14)10(5-12)6-15-7-10/h1-4,12H,5-7H2. The molecule has 1 aromatic carbocycles. The van der Waals surface area contributed by atoms with Crippen LogP contribution in [0, 0.1) is 0 Å². The van der Waals surface area contributed by atoms with E-state index in [-0.39, 0.29) is 18.1 Å². The van der Waals surface area contributed by atoms with Crippen LogP contribution in [0.2, 0.25) is 5.02 Å². The molecule has 0 amide bonds. The third-order valence-electron chi connectivity index (χ3n) is 2.71. The molecule has 0 unspecified atom stereocenters. The van der Waals surface area contributed by atoms with E-state index in [1.54, 1.807) is 0 Å². The number of aliphatic hydroxyl groups is 1. The van der Waals surface area contributed by atoms with Crippen LogP contribution >= 0.6 is 11.6 Å². The van der Waals surface area contributed by atoms with Gasteiger partial charge in [-0.25, -0.2) is 8.42 Å². The van der Waals surface area contributed by atoms with Crippen molar-refractivity contribution in [1.29, 1.82) is 0 Å². The number of rotatable bonds is 3. The summed E-state index contributed by atoms with van der Waals surface area (Å²) >= 11 is 5.69. The summed E-state index contributed by atoms with van der Waals surface area (Å²) in [7, 11) is -3.56. The predicted octanol–water partition coefficient (Wildman–Crippen LogP) is 0.875. The van der Waals surface area contributed by atoms with Gasteiger partial charge in [0.1, 0.15) is 4.75 Å². The fraction of sp³-hybridized carbons (Fsp3) is 0.400. The second kappa shape index (κ2) is 4.00. The third kappa shape index (κ3) is 1.64. The van der Waals surface area contributed by atoms with Gasteiger partial charge in [-0.15, -0.1) is 0 Å². The molecule has 1 fully saturated rings. The molecule has 0 radical (unpaired) electrons. The maximum atomic E-state index is 12.2. The highest BCUT2D eigenvalue weighted by molar-refractivity contribution is 7.93. The summed E-state index contributed by atoms with van der Waals surface area (Å²) < 4.78 is 28.1. The lowest BCUT2D eigenvalue weighted by molar-refractivity contribution is -0.0367. The summed E-state index contributed by atoms with van der Waals surface area (Å²) in [5, 5.41) is 9.68. The predicted molar refractivity (Wildman–Crippen MR) is 59.3 cm³/mol. The van der Waals surface area contributed by atoms with E-state index >= 15 is 0 Å². The van der Waals surface area contributed by atoms with Crippen molar-refractivity contribution in [2.75, 3.05) is 19.8 Å². The van der Waals surface area contributed by atoms with E-state index in [9.17, 15) is 13.5 Å². The van der Waals surface area contributed by atoms with E-state index in [2.05, 4.69) is 0 Å². The number of benzene rings is 1. The highest BCUT2D eigenvalue weighted by Gasteiger charge is 2.50. The average Bonchev–Trinajstić information content (AvgIpc) is 2.17. The van der Waals surface area contributed by atoms with Crippen molar-refractivity contribution in [3.8, 4) is 0 Å². The zero-order valence-corrected chi connectivity index (χ0v) is 9.96. The topological polar surface area (TPSA) is 63.6 Å². The van der Waals surface area contributed by atoms with Crippen molar-refractivity contribution in [3.05, 3.63) is 29.3 Å². The molecule has 1 aliphatic heterocycles. The SMILES string of the molecule is O=S(=O)(c1ccc(Cl)cc1)C1(CO)COC1. The second-order valence-corrected chi connectivity index (χ2v) is 6.57.